The van der Waals surface area contributed by atoms with E-state index in [2.05, 4.69) is 31.6 Å². The zero-order valence-corrected chi connectivity index (χ0v) is 17.3. The zero-order chi connectivity index (χ0) is 19.0. The number of furan rings is 1. The maximum Gasteiger partial charge on any atom is 0.287 e. The molecule has 2 heterocycles. The lowest BCUT2D eigenvalue weighted by Crippen LogP contribution is -2.22. The second-order valence-corrected chi connectivity index (χ2v) is 8.31. The summed E-state index contributed by atoms with van der Waals surface area (Å²) in [5.74, 6) is 0.150. The van der Waals surface area contributed by atoms with Crippen LogP contribution >= 0.6 is 27.3 Å². The molecule has 0 bridgehead atoms. The fraction of sp³-hybridized carbons (Fsp3) is 0.143. The van der Waals surface area contributed by atoms with Gasteiger partial charge in [0.25, 0.3) is 5.91 Å². The van der Waals surface area contributed by atoms with E-state index in [0.717, 1.165) is 37.3 Å². The Balaban J connectivity index is 1.47. The molecule has 0 aliphatic carbocycles. The topological polar surface area (TPSA) is 55.1 Å². The van der Waals surface area contributed by atoms with E-state index in [-0.39, 0.29) is 5.91 Å². The van der Waals surface area contributed by atoms with Gasteiger partial charge >= 0.3 is 0 Å². The predicted molar refractivity (Wildman–Crippen MR) is 112 cm³/mol. The van der Waals surface area contributed by atoms with Crippen molar-refractivity contribution in [3.63, 3.8) is 0 Å². The van der Waals surface area contributed by atoms with Crippen LogP contribution in [0.25, 0.3) is 22.2 Å². The van der Waals surface area contributed by atoms with Gasteiger partial charge in [0, 0.05) is 32.9 Å². The quantitative estimate of drug-likeness (QED) is 0.431. The molecule has 0 unspecified atom stereocenters. The molecule has 27 heavy (non-hydrogen) atoms. The summed E-state index contributed by atoms with van der Waals surface area (Å²) in [6.45, 7) is 4.34. The van der Waals surface area contributed by atoms with E-state index in [1.807, 2.05) is 56.3 Å². The minimum absolute atomic E-state index is 0.209. The van der Waals surface area contributed by atoms with E-state index < -0.39 is 0 Å². The number of benzene rings is 2. The Bertz CT molecular complexity index is 1130. The molecular weight excluding hydrogens is 424 g/mol. The monoisotopic (exact) mass is 440 g/mol. The van der Waals surface area contributed by atoms with Gasteiger partial charge in [-0.15, -0.1) is 11.3 Å². The van der Waals surface area contributed by atoms with E-state index in [4.69, 9.17) is 4.42 Å². The van der Waals surface area contributed by atoms with Crippen LogP contribution in [0.15, 0.2) is 56.7 Å². The van der Waals surface area contributed by atoms with Gasteiger partial charge in [-0.1, -0.05) is 40.2 Å². The van der Waals surface area contributed by atoms with Crippen LogP contribution in [0.3, 0.4) is 0 Å². The highest BCUT2D eigenvalue weighted by Crippen LogP contribution is 2.28. The second kappa shape index (κ2) is 7.29. The van der Waals surface area contributed by atoms with Gasteiger partial charge in [-0.25, -0.2) is 4.98 Å². The summed E-state index contributed by atoms with van der Waals surface area (Å²) in [7, 11) is 0. The Morgan fingerprint density at radius 2 is 1.96 bits per heavy atom. The lowest BCUT2D eigenvalue weighted by atomic mass is 10.1. The molecule has 2 aromatic carbocycles. The van der Waals surface area contributed by atoms with Crippen LogP contribution in [0.2, 0.25) is 0 Å². The highest BCUT2D eigenvalue weighted by molar-refractivity contribution is 9.10. The molecule has 0 aliphatic rings. The van der Waals surface area contributed by atoms with Crippen molar-refractivity contribution in [2.75, 3.05) is 0 Å². The summed E-state index contributed by atoms with van der Waals surface area (Å²) in [6, 6.07) is 13.8. The van der Waals surface area contributed by atoms with Crippen molar-refractivity contribution in [3.05, 3.63) is 74.2 Å². The number of amides is 1. The maximum absolute atomic E-state index is 12.6. The van der Waals surface area contributed by atoms with Gasteiger partial charge in [-0.2, -0.15) is 0 Å². The third kappa shape index (κ3) is 3.68. The minimum Gasteiger partial charge on any atom is -0.451 e. The van der Waals surface area contributed by atoms with E-state index in [1.54, 1.807) is 11.3 Å². The molecule has 4 nitrogen and oxygen atoms in total. The largest absolute Gasteiger partial charge is 0.451 e. The standard InChI is InChI=1S/C21H17BrN2O2S/c1-12-17-8-7-16(22)9-19(17)26-20(12)21(25)23-10-14-3-5-15(6-4-14)18-11-27-13(2)24-18/h3-9,11H,10H2,1-2H3,(H,23,25). The maximum atomic E-state index is 12.6. The van der Waals surface area contributed by atoms with Gasteiger partial charge in [-0.3, -0.25) is 4.79 Å². The Morgan fingerprint density at radius 3 is 2.67 bits per heavy atom. The van der Waals surface area contributed by atoms with Crippen LogP contribution in [-0.4, -0.2) is 10.9 Å². The third-order valence-electron chi connectivity index (χ3n) is 4.43. The first-order valence-electron chi connectivity index (χ1n) is 8.49. The summed E-state index contributed by atoms with van der Waals surface area (Å²) < 4.78 is 6.68. The molecule has 0 fully saturated rings. The Labute approximate surface area is 169 Å². The van der Waals surface area contributed by atoms with Crippen molar-refractivity contribution in [2.24, 2.45) is 0 Å². The number of carbonyl (C=O) groups excluding carboxylic acids is 1. The normalized spacial score (nSPS) is 11.1. The summed E-state index contributed by atoms with van der Waals surface area (Å²) in [6.07, 6.45) is 0. The highest BCUT2D eigenvalue weighted by Gasteiger charge is 2.17. The average Bonchev–Trinajstić information content (AvgIpc) is 3.23. The number of aryl methyl sites for hydroxylation is 2. The number of rotatable bonds is 4. The molecule has 4 rings (SSSR count). The lowest BCUT2D eigenvalue weighted by Gasteiger charge is -2.05. The van der Waals surface area contributed by atoms with Gasteiger partial charge in [-0.05, 0) is 37.6 Å². The average molecular weight is 441 g/mol. The number of nitrogens with one attached hydrogen (secondary N) is 1. The van der Waals surface area contributed by atoms with Crippen molar-refractivity contribution >= 4 is 44.1 Å². The first-order chi connectivity index (χ1) is 13.0. The summed E-state index contributed by atoms with van der Waals surface area (Å²) >= 11 is 5.06. The van der Waals surface area contributed by atoms with E-state index in [1.165, 1.54) is 0 Å². The molecular formula is C21H17BrN2O2S. The number of fused-ring (bicyclic) bond motifs is 1. The number of aromatic nitrogens is 1. The number of hydrogen-bond acceptors (Lipinski definition) is 4. The predicted octanol–water partition coefficient (Wildman–Crippen LogP) is 5.87. The van der Waals surface area contributed by atoms with Gasteiger partial charge in [0.05, 0.1) is 10.7 Å². The van der Waals surface area contributed by atoms with Crippen LogP contribution in [0, 0.1) is 13.8 Å². The van der Waals surface area contributed by atoms with E-state index in [9.17, 15) is 4.79 Å². The summed E-state index contributed by atoms with van der Waals surface area (Å²) in [5, 5.41) is 6.99. The first kappa shape index (κ1) is 17.9. The molecule has 4 aromatic rings. The molecule has 0 saturated carbocycles. The molecule has 0 atom stereocenters. The van der Waals surface area contributed by atoms with Crippen LogP contribution in [0.1, 0.15) is 26.7 Å². The number of thiazole rings is 1. The van der Waals surface area contributed by atoms with Crippen LogP contribution in [-0.2, 0) is 6.54 Å². The van der Waals surface area contributed by atoms with Crippen molar-refractivity contribution in [3.8, 4) is 11.3 Å². The van der Waals surface area contributed by atoms with Crippen LogP contribution < -0.4 is 5.32 Å². The van der Waals surface area contributed by atoms with E-state index in [0.29, 0.717) is 17.9 Å². The number of halogens is 1. The smallest absolute Gasteiger partial charge is 0.287 e. The van der Waals surface area contributed by atoms with E-state index >= 15 is 0 Å². The van der Waals surface area contributed by atoms with Gasteiger partial charge in [0.15, 0.2) is 5.76 Å². The van der Waals surface area contributed by atoms with Crippen molar-refractivity contribution in [1.29, 1.82) is 0 Å². The van der Waals surface area contributed by atoms with Crippen LogP contribution in [0.4, 0.5) is 0 Å². The molecule has 0 saturated heterocycles. The molecule has 2 aromatic heterocycles. The molecule has 1 amide bonds. The van der Waals surface area contributed by atoms with Gasteiger partial charge in [0.1, 0.15) is 5.58 Å². The molecule has 136 valence electrons. The van der Waals surface area contributed by atoms with Crippen LogP contribution in [0.5, 0.6) is 0 Å². The Morgan fingerprint density at radius 1 is 1.19 bits per heavy atom. The van der Waals surface area contributed by atoms with Crippen molar-refractivity contribution in [2.45, 2.75) is 20.4 Å². The minimum atomic E-state index is -0.209. The fourth-order valence-corrected chi connectivity index (χ4v) is 3.93. The first-order valence-corrected chi connectivity index (χ1v) is 10.2. The van der Waals surface area contributed by atoms with Crippen molar-refractivity contribution < 1.29 is 9.21 Å². The number of hydrogen-bond donors (Lipinski definition) is 1. The third-order valence-corrected chi connectivity index (χ3v) is 5.70. The Kier molecular flexibility index (Phi) is 4.85. The van der Waals surface area contributed by atoms with Crippen molar-refractivity contribution in [1.82, 2.24) is 10.3 Å². The number of carbonyl (C=O) groups is 1. The molecule has 0 spiro atoms. The molecule has 1 N–H and O–H groups in total. The second-order valence-electron chi connectivity index (χ2n) is 6.33. The zero-order valence-electron chi connectivity index (χ0n) is 14.9. The van der Waals surface area contributed by atoms with Gasteiger partial charge in [0.2, 0.25) is 0 Å². The fourth-order valence-electron chi connectivity index (χ4n) is 2.97. The highest BCUT2D eigenvalue weighted by atomic mass is 79.9. The molecule has 6 heteroatoms. The lowest BCUT2D eigenvalue weighted by molar-refractivity contribution is 0.0924. The Hall–Kier alpha value is -2.44. The number of nitrogens with zero attached hydrogens (tertiary/aromatic N) is 1. The SMILES string of the molecule is Cc1nc(-c2ccc(CNC(=O)c3oc4cc(Br)ccc4c3C)cc2)cs1. The molecule has 0 radical (unpaired) electrons. The summed E-state index contributed by atoms with van der Waals surface area (Å²) in [4.78, 5) is 17.1. The molecule has 0 aliphatic heterocycles. The summed E-state index contributed by atoms with van der Waals surface area (Å²) in [5.41, 5.74) is 4.64. The van der Waals surface area contributed by atoms with Gasteiger partial charge < -0.3 is 9.73 Å².